The molecule has 1 aromatic rings. The van der Waals surface area contributed by atoms with Crippen molar-refractivity contribution in [2.45, 2.75) is 39.4 Å². The predicted molar refractivity (Wildman–Crippen MR) is 91.9 cm³/mol. The van der Waals surface area contributed by atoms with Gasteiger partial charge in [-0.1, -0.05) is 12.1 Å². The van der Waals surface area contributed by atoms with Crippen molar-refractivity contribution in [3.05, 3.63) is 47.5 Å². The van der Waals surface area contributed by atoms with E-state index in [9.17, 15) is 19.2 Å². The summed E-state index contributed by atoms with van der Waals surface area (Å²) in [7, 11) is 0. The second kappa shape index (κ2) is 8.05. The van der Waals surface area contributed by atoms with E-state index in [0.717, 1.165) is 22.6 Å². The number of carbonyl (C=O) groups is 4. The molecule has 7 nitrogen and oxygen atoms in total. The third-order valence-corrected chi connectivity index (χ3v) is 3.51. The van der Waals surface area contributed by atoms with Gasteiger partial charge in [0.1, 0.15) is 0 Å². The zero-order valence-electron chi connectivity index (χ0n) is 15.0. The molecule has 1 aromatic carbocycles. The van der Waals surface area contributed by atoms with E-state index in [4.69, 9.17) is 9.47 Å². The summed E-state index contributed by atoms with van der Waals surface area (Å²) in [5.74, 6) is -2.55. The fourth-order valence-corrected chi connectivity index (χ4v) is 2.10. The number of ether oxygens (including phenoxy) is 2. The van der Waals surface area contributed by atoms with Crippen molar-refractivity contribution in [1.29, 1.82) is 0 Å². The first-order valence-electron chi connectivity index (χ1n) is 8.17. The van der Waals surface area contributed by atoms with Crippen molar-refractivity contribution in [3.8, 4) is 0 Å². The summed E-state index contributed by atoms with van der Waals surface area (Å²) in [6.45, 7) is 6.13. The van der Waals surface area contributed by atoms with Crippen LogP contribution >= 0.6 is 0 Å². The Morgan fingerprint density at radius 2 is 1.58 bits per heavy atom. The SMILES string of the molecule is CC(C)(C)OCc1ccc(C(=O)OC(=O)CCN2C(=O)C=CC2=O)cc1. The van der Waals surface area contributed by atoms with Gasteiger partial charge in [0.05, 0.1) is 24.2 Å². The lowest BCUT2D eigenvalue weighted by molar-refractivity contribution is -0.140. The minimum absolute atomic E-state index is 0.125. The van der Waals surface area contributed by atoms with Gasteiger partial charge in [-0.2, -0.15) is 0 Å². The van der Waals surface area contributed by atoms with E-state index in [1.807, 2.05) is 20.8 Å². The highest BCUT2D eigenvalue weighted by Crippen LogP contribution is 2.13. The van der Waals surface area contributed by atoms with Gasteiger partial charge in [-0.05, 0) is 38.5 Å². The van der Waals surface area contributed by atoms with Crippen LogP contribution in [0.25, 0.3) is 0 Å². The highest BCUT2D eigenvalue weighted by atomic mass is 16.6. The van der Waals surface area contributed by atoms with Crippen molar-refractivity contribution in [1.82, 2.24) is 4.90 Å². The number of hydrogen-bond acceptors (Lipinski definition) is 6. The third kappa shape index (κ3) is 5.63. The lowest BCUT2D eigenvalue weighted by Crippen LogP contribution is -2.32. The fourth-order valence-electron chi connectivity index (χ4n) is 2.10. The normalized spacial score (nSPS) is 14.0. The third-order valence-electron chi connectivity index (χ3n) is 3.51. The quantitative estimate of drug-likeness (QED) is 0.438. The maximum Gasteiger partial charge on any atom is 0.345 e. The summed E-state index contributed by atoms with van der Waals surface area (Å²) in [4.78, 5) is 47.4. The molecule has 2 rings (SSSR count). The van der Waals surface area contributed by atoms with Crippen LogP contribution in [-0.4, -0.2) is 40.8 Å². The molecule has 1 aliphatic heterocycles. The Hall–Kier alpha value is -2.80. The Labute approximate surface area is 151 Å². The first kappa shape index (κ1) is 19.5. The number of nitrogens with zero attached hydrogens (tertiary/aromatic N) is 1. The van der Waals surface area contributed by atoms with Crippen LogP contribution in [0, 0.1) is 0 Å². The molecule has 0 aliphatic carbocycles. The molecule has 7 heteroatoms. The number of imide groups is 1. The maximum absolute atomic E-state index is 12.0. The average molecular weight is 359 g/mol. The Bertz CT molecular complexity index is 724. The minimum atomic E-state index is -0.803. The molecule has 0 bridgehead atoms. The van der Waals surface area contributed by atoms with Crippen LogP contribution in [-0.2, 0) is 30.5 Å². The average Bonchev–Trinajstić information content (AvgIpc) is 2.89. The molecule has 0 aromatic heterocycles. The molecule has 26 heavy (non-hydrogen) atoms. The van der Waals surface area contributed by atoms with Gasteiger partial charge in [0.15, 0.2) is 0 Å². The van der Waals surface area contributed by atoms with Crippen LogP contribution in [0.4, 0.5) is 0 Å². The van der Waals surface area contributed by atoms with Crippen LogP contribution in [0.2, 0.25) is 0 Å². The van der Waals surface area contributed by atoms with E-state index in [0.29, 0.717) is 6.61 Å². The molecule has 0 atom stereocenters. The molecule has 0 radical (unpaired) electrons. The van der Waals surface area contributed by atoms with Crippen molar-refractivity contribution in [2.24, 2.45) is 0 Å². The molecule has 138 valence electrons. The van der Waals surface area contributed by atoms with Gasteiger partial charge in [-0.25, -0.2) is 4.79 Å². The number of esters is 2. The molecule has 0 saturated heterocycles. The number of carbonyl (C=O) groups excluding carboxylic acids is 4. The second-order valence-corrected chi connectivity index (χ2v) is 6.77. The van der Waals surface area contributed by atoms with Crippen LogP contribution in [0.15, 0.2) is 36.4 Å². The van der Waals surface area contributed by atoms with Gasteiger partial charge in [0.25, 0.3) is 11.8 Å². The summed E-state index contributed by atoms with van der Waals surface area (Å²) in [5, 5.41) is 0. The molecule has 1 heterocycles. The lowest BCUT2D eigenvalue weighted by Gasteiger charge is -2.19. The van der Waals surface area contributed by atoms with Gasteiger partial charge in [0.2, 0.25) is 0 Å². The summed E-state index contributed by atoms with van der Waals surface area (Å²) in [6.07, 6.45) is 2.01. The van der Waals surface area contributed by atoms with Gasteiger partial charge in [-0.3, -0.25) is 19.3 Å². The van der Waals surface area contributed by atoms with E-state index in [1.54, 1.807) is 24.3 Å². The minimum Gasteiger partial charge on any atom is -0.389 e. The fraction of sp³-hybridized carbons (Fsp3) is 0.368. The van der Waals surface area contributed by atoms with E-state index in [2.05, 4.69) is 0 Å². The second-order valence-electron chi connectivity index (χ2n) is 6.77. The van der Waals surface area contributed by atoms with Crippen molar-refractivity contribution < 1.29 is 28.7 Å². The largest absolute Gasteiger partial charge is 0.389 e. The van der Waals surface area contributed by atoms with E-state index in [1.165, 1.54) is 0 Å². The topological polar surface area (TPSA) is 90.0 Å². The number of benzene rings is 1. The van der Waals surface area contributed by atoms with Gasteiger partial charge in [-0.15, -0.1) is 0 Å². The molecule has 0 fully saturated rings. The highest BCUT2D eigenvalue weighted by molar-refractivity contribution is 6.13. The van der Waals surface area contributed by atoms with Crippen molar-refractivity contribution in [3.63, 3.8) is 0 Å². The molecule has 0 spiro atoms. The predicted octanol–water partition coefficient (Wildman–Crippen LogP) is 2.00. The van der Waals surface area contributed by atoms with Gasteiger partial charge < -0.3 is 9.47 Å². The first-order valence-corrected chi connectivity index (χ1v) is 8.17. The molecular weight excluding hydrogens is 338 g/mol. The van der Waals surface area contributed by atoms with E-state index in [-0.39, 0.29) is 24.1 Å². The lowest BCUT2D eigenvalue weighted by atomic mass is 10.1. The van der Waals surface area contributed by atoms with Gasteiger partial charge in [0, 0.05) is 18.7 Å². The van der Waals surface area contributed by atoms with Crippen LogP contribution in [0.3, 0.4) is 0 Å². The van der Waals surface area contributed by atoms with Crippen molar-refractivity contribution in [2.75, 3.05) is 6.54 Å². The Balaban J connectivity index is 1.82. The number of rotatable bonds is 6. The smallest absolute Gasteiger partial charge is 0.345 e. The molecular formula is C19H21NO6. The zero-order valence-corrected chi connectivity index (χ0v) is 15.0. The number of amides is 2. The molecule has 2 amide bonds. The monoisotopic (exact) mass is 359 g/mol. The molecule has 0 unspecified atom stereocenters. The zero-order chi connectivity index (χ0) is 19.3. The summed E-state index contributed by atoms with van der Waals surface area (Å²) in [6, 6.07) is 6.54. The Kier molecular flexibility index (Phi) is 6.05. The van der Waals surface area contributed by atoms with E-state index >= 15 is 0 Å². The van der Waals surface area contributed by atoms with Crippen LogP contribution in [0.1, 0.15) is 43.1 Å². The highest BCUT2D eigenvalue weighted by Gasteiger charge is 2.24. The summed E-state index contributed by atoms with van der Waals surface area (Å²) >= 11 is 0. The maximum atomic E-state index is 12.0. The Morgan fingerprint density at radius 3 is 2.12 bits per heavy atom. The summed E-state index contributed by atoms with van der Waals surface area (Å²) in [5.41, 5.74) is 0.853. The summed E-state index contributed by atoms with van der Waals surface area (Å²) < 4.78 is 10.4. The first-order chi connectivity index (χ1) is 12.2. The van der Waals surface area contributed by atoms with Gasteiger partial charge >= 0.3 is 11.9 Å². The Morgan fingerprint density at radius 1 is 1.00 bits per heavy atom. The van der Waals surface area contributed by atoms with Crippen molar-refractivity contribution >= 4 is 23.8 Å². The van der Waals surface area contributed by atoms with E-state index < -0.39 is 23.8 Å². The number of hydrogen-bond donors (Lipinski definition) is 0. The molecule has 0 saturated carbocycles. The van der Waals surface area contributed by atoms with Crippen LogP contribution in [0.5, 0.6) is 0 Å². The van der Waals surface area contributed by atoms with Crippen LogP contribution < -0.4 is 0 Å². The molecule has 1 aliphatic rings. The standard InChI is InChI=1S/C19H21NO6/c1-19(2,3)25-12-13-4-6-14(7-5-13)18(24)26-17(23)10-11-20-15(21)8-9-16(20)22/h4-9H,10-12H2,1-3H3. The molecule has 0 N–H and O–H groups in total.